The smallest absolute Gasteiger partial charge is 0.356 e. The molecule has 14 heteroatoms. The predicted octanol–water partition coefficient (Wildman–Crippen LogP) is 5.42. The average Bonchev–Trinajstić information content (AvgIpc) is 3.78. The van der Waals surface area contributed by atoms with E-state index in [-0.39, 0.29) is 32.8 Å². The van der Waals surface area contributed by atoms with Gasteiger partial charge in [-0.1, -0.05) is 31.0 Å². The van der Waals surface area contributed by atoms with Crippen molar-refractivity contribution in [1.29, 1.82) is 0 Å². The lowest BCUT2D eigenvalue weighted by atomic mass is 10.1. The molecule has 4 atom stereocenters. The first-order chi connectivity index (χ1) is 21.3. The number of fused-ring (bicyclic) bond motifs is 2. The topological polar surface area (TPSA) is 137 Å². The molecular formula is C30H42N5O8P. The Morgan fingerprint density at radius 2 is 1.77 bits per heavy atom. The molecule has 1 aromatic carbocycles. The molecule has 1 saturated carbocycles. The number of imidazole rings is 1. The molecule has 0 amide bonds. The molecule has 2 aliphatic heterocycles. The van der Waals surface area contributed by atoms with E-state index < -0.39 is 37.9 Å². The lowest BCUT2D eigenvalue weighted by molar-refractivity contribution is -0.201. The van der Waals surface area contributed by atoms with E-state index >= 15 is 0 Å². The standard InChI is InChI=1S/C30H42N5O8P/c1-5-39-44(36,40-6-2)19-37-16-22-25-26(43-30(3,4)42-25)29(41-22)35-18-31-24-27(32-20-12-10-11-13-20)33-23(34-28(24)35)17-38-21-14-8-7-9-15-21/h7-9,14-15,18,20,22,25-26,29H,5-6,10-13,16-17,19H2,1-4H3,(H,32,33,34)/t22-,25-,26-,29-/m1/s1. The summed E-state index contributed by atoms with van der Waals surface area (Å²) in [5, 5.41) is 3.61. The first-order valence-corrected chi connectivity index (χ1v) is 17.1. The van der Waals surface area contributed by atoms with Gasteiger partial charge in [0.2, 0.25) is 0 Å². The summed E-state index contributed by atoms with van der Waals surface area (Å²) in [7, 11) is -3.38. The maximum Gasteiger partial charge on any atom is 0.356 e. The molecule has 4 heterocycles. The highest BCUT2D eigenvalue weighted by Crippen LogP contribution is 2.49. The number of anilines is 1. The highest BCUT2D eigenvalue weighted by atomic mass is 31.2. The van der Waals surface area contributed by atoms with Gasteiger partial charge < -0.3 is 38.0 Å². The molecule has 6 rings (SSSR count). The van der Waals surface area contributed by atoms with Crippen LogP contribution in [0.15, 0.2) is 36.7 Å². The van der Waals surface area contributed by atoms with E-state index in [1.807, 2.05) is 48.7 Å². The van der Waals surface area contributed by atoms with Gasteiger partial charge in [0.15, 0.2) is 34.8 Å². The summed E-state index contributed by atoms with van der Waals surface area (Å²) < 4.78 is 56.5. The minimum absolute atomic E-state index is 0.105. The fraction of sp³-hybridized carbons (Fsp3) is 0.633. The number of benzene rings is 1. The first-order valence-electron chi connectivity index (χ1n) is 15.4. The summed E-state index contributed by atoms with van der Waals surface area (Å²) in [6.07, 6.45) is 4.02. The third-order valence-electron chi connectivity index (χ3n) is 7.86. The minimum atomic E-state index is -3.38. The second-order valence-electron chi connectivity index (χ2n) is 11.6. The zero-order valence-electron chi connectivity index (χ0n) is 25.7. The molecule has 3 aromatic rings. The largest absolute Gasteiger partial charge is 0.486 e. The zero-order valence-corrected chi connectivity index (χ0v) is 26.6. The van der Waals surface area contributed by atoms with Gasteiger partial charge in [-0.15, -0.1) is 0 Å². The fourth-order valence-corrected chi connectivity index (χ4v) is 7.38. The Bertz CT molecular complexity index is 1440. The molecule has 1 N–H and O–H groups in total. The summed E-state index contributed by atoms with van der Waals surface area (Å²) in [6.45, 7) is 8.07. The number of rotatable bonds is 14. The van der Waals surface area contributed by atoms with Gasteiger partial charge in [0.05, 0.1) is 26.1 Å². The summed E-state index contributed by atoms with van der Waals surface area (Å²) in [5.41, 5.74) is 1.25. The molecule has 44 heavy (non-hydrogen) atoms. The monoisotopic (exact) mass is 631 g/mol. The second-order valence-corrected chi connectivity index (χ2v) is 13.6. The lowest BCUT2D eigenvalue weighted by Crippen LogP contribution is -2.33. The van der Waals surface area contributed by atoms with E-state index in [9.17, 15) is 4.57 Å². The lowest BCUT2D eigenvalue weighted by Gasteiger charge is -2.25. The summed E-state index contributed by atoms with van der Waals surface area (Å²) in [5.74, 6) is 1.09. The summed E-state index contributed by atoms with van der Waals surface area (Å²) in [4.78, 5) is 14.4. The molecule has 0 unspecified atom stereocenters. The van der Waals surface area contributed by atoms with Crippen molar-refractivity contribution in [3.63, 3.8) is 0 Å². The molecule has 0 radical (unpaired) electrons. The number of hydrogen-bond donors (Lipinski definition) is 1. The van der Waals surface area contributed by atoms with Crippen molar-refractivity contribution in [3.05, 3.63) is 42.5 Å². The Kier molecular flexibility index (Phi) is 9.53. The molecule has 240 valence electrons. The molecule has 2 saturated heterocycles. The van der Waals surface area contributed by atoms with Crippen LogP contribution < -0.4 is 10.1 Å². The average molecular weight is 632 g/mol. The number of ether oxygens (including phenoxy) is 5. The van der Waals surface area contributed by atoms with E-state index in [0.717, 1.165) is 18.6 Å². The Hall–Kier alpha value is -2.64. The van der Waals surface area contributed by atoms with Crippen molar-refractivity contribution < 1.29 is 37.3 Å². The van der Waals surface area contributed by atoms with Gasteiger partial charge in [-0.3, -0.25) is 9.13 Å². The highest BCUT2D eigenvalue weighted by Gasteiger charge is 2.56. The van der Waals surface area contributed by atoms with Crippen LogP contribution in [0.1, 0.15) is 65.4 Å². The third-order valence-corrected chi connectivity index (χ3v) is 9.66. The normalized spacial score (nSPS) is 25.1. The van der Waals surface area contributed by atoms with Gasteiger partial charge in [0, 0.05) is 6.04 Å². The predicted molar refractivity (Wildman–Crippen MR) is 161 cm³/mol. The second kappa shape index (κ2) is 13.4. The van der Waals surface area contributed by atoms with E-state index in [4.69, 9.17) is 47.7 Å². The molecule has 0 spiro atoms. The SMILES string of the molecule is CCOP(=O)(COC[C@H]1O[C@@H](n2cnc3c(NC4CCCC4)nc(COc4ccccc4)nc32)[C@@H]2OC(C)(C)O[C@@H]21)OCC. The Morgan fingerprint density at radius 3 is 2.50 bits per heavy atom. The molecular weight excluding hydrogens is 589 g/mol. The number of nitrogens with zero attached hydrogens (tertiary/aromatic N) is 4. The van der Waals surface area contributed by atoms with Crippen LogP contribution in [0.25, 0.3) is 11.2 Å². The third kappa shape index (κ3) is 6.94. The summed E-state index contributed by atoms with van der Waals surface area (Å²) in [6, 6.07) is 9.91. The van der Waals surface area contributed by atoms with Crippen LogP contribution in [0.3, 0.4) is 0 Å². The Morgan fingerprint density at radius 1 is 1.05 bits per heavy atom. The highest BCUT2D eigenvalue weighted by molar-refractivity contribution is 7.53. The van der Waals surface area contributed by atoms with E-state index in [0.29, 0.717) is 28.8 Å². The van der Waals surface area contributed by atoms with E-state index in [1.54, 1.807) is 20.2 Å². The number of para-hydroxylation sites is 1. The van der Waals surface area contributed by atoms with Gasteiger partial charge in [-0.05, 0) is 52.7 Å². The first kappa shape index (κ1) is 31.3. The maximum absolute atomic E-state index is 12.9. The molecule has 0 bridgehead atoms. The van der Waals surface area contributed by atoms with E-state index in [2.05, 4.69) is 5.32 Å². The van der Waals surface area contributed by atoms with Crippen LogP contribution in [0.4, 0.5) is 5.82 Å². The van der Waals surface area contributed by atoms with Gasteiger partial charge in [-0.2, -0.15) is 0 Å². The van der Waals surface area contributed by atoms with Crippen LogP contribution in [-0.4, -0.2) is 75.8 Å². The molecule has 1 aliphatic carbocycles. The molecule has 3 aliphatic rings. The van der Waals surface area contributed by atoms with E-state index in [1.165, 1.54) is 12.8 Å². The van der Waals surface area contributed by atoms with Crippen LogP contribution in [0.5, 0.6) is 5.75 Å². The van der Waals surface area contributed by atoms with Crippen molar-refractivity contribution in [2.45, 2.75) is 96.4 Å². The molecule has 3 fully saturated rings. The van der Waals surface area contributed by atoms with Crippen LogP contribution >= 0.6 is 7.60 Å². The van der Waals surface area contributed by atoms with Gasteiger partial charge >= 0.3 is 7.60 Å². The number of hydrogen-bond acceptors (Lipinski definition) is 12. The summed E-state index contributed by atoms with van der Waals surface area (Å²) >= 11 is 0. The van der Waals surface area contributed by atoms with Crippen molar-refractivity contribution in [1.82, 2.24) is 19.5 Å². The van der Waals surface area contributed by atoms with Gasteiger partial charge in [0.25, 0.3) is 0 Å². The van der Waals surface area contributed by atoms with Crippen LogP contribution in [-0.2, 0) is 39.2 Å². The van der Waals surface area contributed by atoms with Crippen molar-refractivity contribution in [3.8, 4) is 5.75 Å². The molecule has 13 nitrogen and oxygen atoms in total. The zero-order chi connectivity index (χ0) is 30.7. The van der Waals surface area contributed by atoms with Crippen LogP contribution in [0.2, 0.25) is 0 Å². The van der Waals surface area contributed by atoms with Gasteiger partial charge in [-0.25, -0.2) is 15.0 Å². The Labute approximate surface area is 257 Å². The maximum atomic E-state index is 12.9. The fourth-order valence-electron chi connectivity index (χ4n) is 6.04. The Balaban J connectivity index is 1.27. The van der Waals surface area contributed by atoms with Gasteiger partial charge in [0.1, 0.15) is 37.0 Å². The van der Waals surface area contributed by atoms with Crippen LogP contribution in [0, 0.1) is 0 Å². The van der Waals surface area contributed by atoms with Crippen molar-refractivity contribution >= 4 is 24.6 Å². The van der Waals surface area contributed by atoms with Crippen molar-refractivity contribution in [2.75, 3.05) is 31.5 Å². The van der Waals surface area contributed by atoms with Crippen molar-refractivity contribution in [2.24, 2.45) is 0 Å². The number of aromatic nitrogens is 4. The number of nitrogens with one attached hydrogen (secondary N) is 1. The quantitative estimate of drug-likeness (QED) is 0.228. The molecule has 2 aromatic heterocycles. The minimum Gasteiger partial charge on any atom is -0.486 e.